The van der Waals surface area contributed by atoms with E-state index in [4.69, 9.17) is 0 Å². The van der Waals surface area contributed by atoms with E-state index in [0.29, 0.717) is 37.4 Å². The predicted octanol–water partition coefficient (Wildman–Crippen LogP) is 2.89. The summed E-state index contributed by atoms with van der Waals surface area (Å²) >= 11 is 0. The van der Waals surface area contributed by atoms with Crippen LogP contribution in [-0.2, 0) is 11.3 Å². The molecule has 1 fully saturated rings. The van der Waals surface area contributed by atoms with Crippen LogP contribution in [0.4, 0.5) is 4.39 Å². The van der Waals surface area contributed by atoms with Gasteiger partial charge in [-0.05, 0) is 35.9 Å². The number of hydrogen-bond donors (Lipinski definition) is 0. The third kappa shape index (κ3) is 4.18. The zero-order valence-corrected chi connectivity index (χ0v) is 15.9. The highest BCUT2D eigenvalue weighted by atomic mass is 19.1. The molecule has 0 unspecified atom stereocenters. The van der Waals surface area contributed by atoms with Crippen molar-refractivity contribution in [1.82, 2.24) is 19.6 Å². The molecule has 0 aliphatic carbocycles. The minimum Gasteiger partial charge on any atom is -0.337 e. The van der Waals surface area contributed by atoms with Crippen molar-refractivity contribution >= 4 is 11.8 Å². The number of amides is 2. The lowest BCUT2D eigenvalue weighted by molar-refractivity contribution is -0.130. The van der Waals surface area contributed by atoms with Crippen LogP contribution in [0.25, 0.3) is 5.69 Å². The van der Waals surface area contributed by atoms with Gasteiger partial charge in [0.1, 0.15) is 5.82 Å². The molecule has 29 heavy (non-hydrogen) atoms. The smallest absolute Gasteiger partial charge is 0.256 e. The van der Waals surface area contributed by atoms with Crippen molar-refractivity contribution in [3.63, 3.8) is 0 Å². The first-order valence-corrected chi connectivity index (χ1v) is 9.52. The summed E-state index contributed by atoms with van der Waals surface area (Å²) in [5.74, 6) is -0.488. The van der Waals surface area contributed by atoms with Crippen LogP contribution < -0.4 is 0 Å². The fourth-order valence-electron chi connectivity index (χ4n) is 3.53. The number of carbonyl (C=O) groups excluding carboxylic acids is 2. The van der Waals surface area contributed by atoms with E-state index in [1.54, 1.807) is 51.1 Å². The fraction of sp³-hybridized carbons (Fsp3) is 0.227. The second kappa shape index (κ2) is 8.26. The molecule has 7 heteroatoms. The van der Waals surface area contributed by atoms with Crippen molar-refractivity contribution in [2.75, 3.05) is 19.6 Å². The van der Waals surface area contributed by atoms with Gasteiger partial charge in [-0.15, -0.1) is 0 Å². The Morgan fingerprint density at radius 2 is 1.90 bits per heavy atom. The van der Waals surface area contributed by atoms with E-state index in [-0.39, 0.29) is 24.1 Å². The minimum absolute atomic E-state index is 0.0371. The van der Waals surface area contributed by atoms with Gasteiger partial charge in [0.2, 0.25) is 5.91 Å². The molecule has 1 aliphatic rings. The van der Waals surface area contributed by atoms with Gasteiger partial charge in [-0.3, -0.25) is 9.59 Å². The lowest BCUT2D eigenvalue weighted by atomic mass is 10.1. The van der Waals surface area contributed by atoms with Crippen LogP contribution >= 0.6 is 0 Å². The number of benzene rings is 2. The Bertz CT molecular complexity index is 1020. The predicted molar refractivity (Wildman–Crippen MR) is 106 cm³/mol. The molecule has 0 radical (unpaired) electrons. The highest BCUT2D eigenvalue weighted by Crippen LogP contribution is 2.18. The summed E-state index contributed by atoms with van der Waals surface area (Å²) in [6.07, 6.45) is 3.69. The number of hydrogen-bond acceptors (Lipinski definition) is 3. The van der Waals surface area contributed by atoms with E-state index in [0.717, 1.165) is 5.56 Å². The molecule has 0 bridgehead atoms. The Hall–Kier alpha value is -3.48. The molecule has 2 amide bonds. The maximum absolute atomic E-state index is 13.4. The van der Waals surface area contributed by atoms with Gasteiger partial charge in [0.15, 0.2) is 0 Å². The van der Waals surface area contributed by atoms with Crippen molar-refractivity contribution in [3.8, 4) is 5.69 Å². The first kappa shape index (κ1) is 18.9. The molecule has 0 atom stereocenters. The summed E-state index contributed by atoms with van der Waals surface area (Å²) in [5.41, 5.74) is 1.99. The Labute approximate surface area is 168 Å². The van der Waals surface area contributed by atoms with Crippen LogP contribution in [0.15, 0.2) is 67.0 Å². The van der Waals surface area contributed by atoms with Gasteiger partial charge in [-0.2, -0.15) is 5.10 Å². The summed E-state index contributed by atoms with van der Waals surface area (Å²) in [7, 11) is 0. The standard InChI is InChI=1S/C22H21FN4O2/c23-18-6-3-5-17(15-18)16-26-14-13-25(12-9-21(26)28)22(29)19-7-1-2-8-20(19)27-11-4-10-24-27/h1-8,10-11,15H,9,12-14,16H2. The lowest BCUT2D eigenvalue weighted by Gasteiger charge is -2.23. The molecule has 6 nitrogen and oxygen atoms in total. The number of rotatable bonds is 4. The van der Waals surface area contributed by atoms with Gasteiger partial charge in [0.05, 0.1) is 11.3 Å². The lowest BCUT2D eigenvalue weighted by Crippen LogP contribution is -2.36. The van der Waals surface area contributed by atoms with Gasteiger partial charge < -0.3 is 9.80 Å². The molecule has 3 aromatic rings. The van der Waals surface area contributed by atoms with Crippen LogP contribution in [0.1, 0.15) is 22.3 Å². The number of aromatic nitrogens is 2. The Balaban J connectivity index is 1.50. The Morgan fingerprint density at radius 1 is 1.03 bits per heavy atom. The first-order valence-electron chi connectivity index (χ1n) is 9.52. The summed E-state index contributed by atoms with van der Waals surface area (Å²) < 4.78 is 15.1. The van der Waals surface area contributed by atoms with Crippen molar-refractivity contribution in [2.24, 2.45) is 0 Å². The van der Waals surface area contributed by atoms with Crippen LogP contribution in [0, 0.1) is 5.82 Å². The maximum atomic E-state index is 13.4. The van der Waals surface area contributed by atoms with Crippen molar-refractivity contribution < 1.29 is 14.0 Å². The van der Waals surface area contributed by atoms with Gasteiger partial charge >= 0.3 is 0 Å². The summed E-state index contributed by atoms with van der Waals surface area (Å²) in [5, 5.41) is 4.22. The Kier molecular flexibility index (Phi) is 5.37. The average Bonchev–Trinajstić information content (AvgIpc) is 3.21. The summed E-state index contributed by atoms with van der Waals surface area (Å²) in [6.45, 7) is 1.52. The van der Waals surface area contributed by atoms with Gasteiger partial charge in [0, 0.05) is 45.0 Å². The first-order chi connectivity index (χ1) is 14.1. The molecule has 2 heterocycles. The maximum Gasteiger partial charge on any atom is 0.256 e. The summed E-state index contributed by atoms with van der Waals surface area (Å²) in [6, 6.07) is 15.3. The molecule has 148 valence electrons. The summed E-state index contributed by atoms with van der Waals surface area (Å²) in [4.78, 5) is 29.1. The normalized spacial score (nSPS) is 14.7. The molecule has 2 aromatic carbocycles. The third-order valence-electron chi connectivity index (χ3n) is 5.02. The van der Waals surface area contributed by atoms with Crippen molar-refractivity contribution in [2.45, 2.75) is 13.0 Å². The van der Waals surface area contributed by atoms with E-state index >= 15 is 0 Å². The molecule has 4 rings (SSSR count). The largest absolute Gasteiger partial charge is 0.337 e. The zero-order valence-electron chi connectivity index (χ0n) is 15.9. The van der Waals surface area contributed by atoms with E-state index < -0.39 is 0 Å². The number of para-hydroxylation sites is 1. The van der Waals surface area contributed by atoms with Crippen LogP contribution in [0.3, 0.4) is 0 Å². The van der Waals surface area contributed by atoms with E-state index in [1.807, 2.05) is 18.2 Å². The molecule has 1 saturated heterocycles. The number of halogens is 1. The second-order valence-electron chi connectivity index (χ2n) is 6.96. The molecule has 0 spiro atoms. The van der Waals surface area contributed by atoms with Crippen LogP contribution in [-0.4, -0.2) is 51.0 Å². The Morgan fingerprint density at radius 3 is 2.69 bits per heavy atom. The van der Waals surface area contributed by atoms with Crippen molar-refractivity contribution in [1.29, 1.82) is 0 Å². The van der Waals surface area contributed by atoms with E-state index in [2.05, 4.69) is 5.10 Å². The average molecular weight is 392 g/mol. The molecular formula is C22H21FN4O2. The highest BCUT2D eigenvalue weighted by molar-refractivity contribution is 5.98. The molecule has 1 aliphatic heterocycles. The SMILES string of the molecule is O=C1CCN(C(=O)c2ccccc2-n2cccn2)CCN1Cc1cccc(F)c1. The second-order valence-corrected chi connectivity index (χ2v) is 6.96. The highest BCUT2D eigenvalue weighted by Gasteiger charge is 2.26. The van der Waals surface area contributed by atoms with Gasteiger partial charge in [-0.25, -0.2) is 9.07 Å². The minimum atomic E-state index is -0.322. The fourth-order valence-corrected chi connectivity index (χ4v) is 3.53. The van der Waals surface area contributed by atoms with Crippen LogP contribution in [0.2, 0.25) is 0 Å². The quantitative estimate of drug-likeness (QED) is 0.686. The third-order valence-corrected chi connectivity index (χ3v) is 5.02. The number of carbonyl (C=O) groups is 2. The number of nitrogens with zero attached hydrogens (tertiary/aromatic N) is 4. The van der Waals surface area contributed by atoms with E-state index in [1.165, 1.54) is 12.1 Å². The van der Waals surface area contributed by atoms with E-state index in [9.17, 15) is 14.0 Å². The zero-order chi connectivity index (χ0) is 20.2. The molecule has 0 N–H and O–H groups in total. The monoisotopic (exact) mass is 392 g/mol. The van der Waals surface area contributed by atoms with Crippen LogP contribution in [0.5, 0.6) is 0 Å². The van der Waals surface area contributed by atoms with Gasteiger partial charge in [0.25, 0.3) is 5.91 Å². The van der Waals surface area contributed by atoms with Gasteiger partial charge in [-0.1, -0.05) is 24.3 Å². The van der Waals surface area contributed by atoms with Crippen molar-refractivity contribution in [3.05, 3.63) is 83.9 Å². The molecular weight excluding hydrogens is 371 g/mol. The topological polar surface area (TPSA) is 58.4 Å². The molecule has 1 aromatic heterocycles. The molecule has 0 saturated carbocycles.